The number of hydrogen-bond acceptors (Lipinski definition) is 7. The van der Waals surface area contributed by atoms with Gasteiger partial charge in [-0.05, 0) is 84.8 Å². The van der Waals surface area contributed by atoms with Gasteiger partial charge in [-0.1, -0.05) is 123 Å². The number of hydrogen-bond donors (Lipinski definition) is 1. The van der Waals surface area contributed by atoms with Gasteiger partial charge >= 0.3 is 5.97 Å². The van der Waals surface area contributed by atoms with Crippen molar-refractivity contribution < 1.29 is 36.8 Å². The molecule has 3 aliphatic heterocycles. The van der Waals surface area contributed by atoms with Crippen LogP contribution in [0.1, 0.15) is 90.2 Å². The Morgan fingerprint density at radius 3 is 1.95 bits per heavy atom. The lowest BCUT2D eigenvalue weighted by Crippen LogP contribution is -2.31. The molecule has 10 nitrogen and oxygen atoms in total. The molecule has 4 aromatic carbocycles. The highest BCUT2D eigenvalue weighted by atomic mass is 32.2. The summed E-state index contributed by atoms with van der Waals surface area (Å²) in [6, 6.07) is 25.6. The van der Waals surface area contributed by atoms with Gasteiger partial charge in [0.1, 0.15) is 6.54 Å². The second-order valence-electron chi connectivity index (χ2n) is 17.6. The Bertz CT molecular complexity index is 2770. The monoisotopic (exact) mass is 880 g/mol. The quantitative estimate of drug-likeness (QED) is 0.0344. The normalized spacial score (nSPS) is 18.0. The van der Waals surface area contributed by atoms with Crippen LogP contribution < -0.4 is 4.90 Å². The Labute approximate surface area is 377 Å². The van der Waals surface area contributed by atoms with Gasteiger partial charge in [0.25, 0.3) is 21.9 Å². The average molecular weight is 881 g/mol. The zero-order valence-corrected chi connectivity index (χ0v) is 38.0. The van der Waals surface area contributed by atoms with Gasteiger partial charge in [-0.25, -0.2) is 4.79 Å². The molecule has 1 fully saturated rings. The zero-order valence-electron chi connectivity index (χ0n) is 37.2. The molecule has 0 bridgehead atoms. The number of hydroxylamine groups is 2. The first-order chi connectivity index (χ1) is 30.7. The van der Waals surface area contributed by atoms with Crippen molar-refractivity contribution in [1.29, 1.82) is 0 Å². The lowest BCUT2D eigenvalue weighted by molar-refractivity contribution is -0.438. The summed E-state index contributed by atoms with van der Waals surface area (Å²) in [5, 5.41) is 5.44. The van der Waals surface area contributed by atoms with Gasteiger partial charge in [0, 0.05) is 66.7 Å². The summed E-state index contributed by atoms with van der Waals surface area (Å²) < 4.78 is 34.4. The molecule has 0 unspecified atom stereocenters. The van der Waals surface area contributed by atoms with Crippen LogP contribution in [0.3, 0.4) is 0 Å². The molecule has 0 aromatic heterocycles. The standard InChI is InChI=1S/C53H57N3O7S/c1-52(2)45(54(43-32-30-39-23-16-18-25-41(39)50(43)52)36-20-12-15-29-49(59)63-56-47(57)34-35-48(56)58)27-13-10-8-6-5-7-9-11-14-28-46-53(3,4)51-42-26-19-17-24-40(42)31-33-44(51)55(46)37-21-22-38-64(60,61)62/h5-11,13-14,16-19,23-28,30-33H,12,15,20-22,29,34-38H2,1-4H3/p+1. The Morgan fingerprint density at radius 2 is 1.30 bits per heavy atom. The molecule has 0 spiro atoms. The summed E-state index contributed by atoms with van der Waals surface area (Å²) >= 11 is 0. The highest BCUT2D eigenvalue weighted by molar-refractivity contribution is 7.85. The van der Waals surface area contributed by atoms with Gasteiger partial charge < -0.3 is 9.74 Å². The van der Waals surface area contributed by atoms with Crippen LogP contribution in [0, 0.1) is 0 Å². The molecule has 0 saturated carbocycles. The molecule has 7 rings (SSSR count). The summed E-state index contributed by atoms with van der Waals surface area (Å²) in [4.78, 5) is 43.4. The van der Waals surface area contributed by atoms with Crippen LogP contribution in [0.4, 0.5) is 11.4 Å². The fraction of sp³-hybridized carbons (Fsp3) is 0.321. The molecular formula is C53H58N3O7S+. The number of carbonyl (C=O) groups excluding carboxylic acids is 3. The number of allylic oxidation sites excluding steroid dienone is 12. The highest BCUT2D eigenvalue weighted by Crippen LogP contribution is 2.51. The smallest absolute Gasteiger partial charge is 0.333 e. The van der Waals surface area contributed by atoms with Crippen LogP contribution >= 0.6 is 0 Å². The summed E-state index contributed by atoms with van der Waals surface area (Å²) in [6.07, 6.45) is 26.0. The van der Waals surface area contributed by atoms with E-state index in [-0.39, 0.29) is 35.8 Å². The third kappa shape index (κ3) is 10.1. The van der Waals surface area contributed by atoms with Crippen LogP contribution in [-0.4, -0.2) is 64.9 Å². The number of unbranched alkanes of at least 4 members (excludes halogenated alkanes) is 3. The minimum absolute atomic E-state index is 0.0779. The predicted molar refractivity (Wildman–Crippen MR) is 256 cm³/mol. The highest BCUT2D eigenvalue weighted by Gasteiger charge is 2.45. The summed E-state index contributed by atoms with van der Waals surface area (Å²) in [7, 11) is -4.00. The molecule has 64 heavy (non-hydrogen) atoms. The lowest BCUT2D eigenvalue weighted by Gasteiger charge is -2.27. The third-order valence-corrected chi connectivity index (χ3v) is 13.2. The number of carbonyl (C=O) groups is 3. The molecule has 11 heteroatoms. The van der Waals surface area contributed by atoms with Crippen molar-refractivity contribution in [3.8, 4) is 0 Å². The molecule has 3 heterocycles. The molecule has 0 aliphatic carbocycles. The molecule has 1 N–H and O–H groups in total. The maximum atomic E-state index is 12.4. The minimum atomic E-state index is -4.00. The van der Waals surface area contributed by atoms with Crippen molar-refractivity contribution in [2.45, 2.75) is 89.9 Å². The number of benzene rings is 4. The van der Waals surface area contributed by atoms with Gasteiger partial charge in [0.05, 0.1) is 11.2 Å². The number of imide groups is 1. The van der Waals surface area contributed by atoms with Crippen LogP contribution in [-0.2, 0) is 40.2 Å². The Balaban J connectivity index is 0.995. The minimum Gasteiger partial charge on any atom is -0.344 e. The first-order valence-corrected chi connectivity index (χ1v) is 23.8. The summed E-state index contributed by atoms with van der Waals surface area (Å²) in [6.45, 7) is 10.4. The van der Waals surface area contributed by atoms with E-state index in [0.717, 1.165) is 30.8 Å². The van der Waals surface area contributed by atoms with E-state index >= 15 is 0 Å². The average Bonchev–Trinajstić information content (AvgIpc) is 3.78. The van der Waals surface area contributed by atoms with E-state index in [2.05, 4.69) is 122 Å². The fourth-order valence-corrected chi connectivity index (χ4v) is 9.94. The van der Waals surface area contributed by atoms with E-state index in [1.807, 2.05) is 54.7 Å². The zero-order chi connectivity index (χ0) is 45.5. The van der Waals surface area contributed by atoms with Crippen molar-refractivity contribution in [2.75, 3.05) is 23.7 Å². The summed E-state index contributed by atoms with van der Waals surface area (Å²) in [5.74, 6) is -1.75. The first-order valence-electron chi connectivity index (χ1n) is 22.2. The van der Waals surface area contributed by atoms with Crippen molar-refractivity contribution in [1.82, 2.24) is 5.06 Å². The van der Waals surface area contributed by atoms with E-state index in [9.17, 15) is 27.4 Å². The van der Waals surface area contributed by atoms with Gasteiger partial charge in [-0.15, -0.1) is 5.06 Å². The first kappa shape index (κ1) is 45.8. The second kappa shape index (κ2) is 19.7. The van der Waals surface area contributed by atoms with Crippen LogP contribution in [0.25, 0.3) is 21.5 Å². The molecule has 1 saturated heterocycles. The lowest BCUT2D eigenvalue weighted by atomic mass is 9.79. The maximum Gasteiger partial charge on any atom is 0.333 e. The van der Waals surface area contributed by atoms with Gasteiger partial charge in [-0.3, -0.25) is 14.1 Å². The van der Waals surface area contributed by atoms with E-state index in [4.69, 9.17) is 4.84 Å². The predicted octanol–water partition coefficient (Wildman–Crippen LogP) is 10.7. The van der Waals surface area contributed by atoms with E-state index in [1.54, 1.807) is 0 Å². The largest absolute Gasteiger partial charge is 0.344 e. The second-order valence-corrected chi connectivity index (χ2v) is 19.2. The number of amides is 2. The molecule has 0 radical (unpaired) electrons. The van der Waals surface area contributed by atoms with Crippen LogP contribution in [0.2, 0.25) is 0 Å². The van der Waals surface area contributed by atoms with E-state index in [0.29, 0.717) is 30.9 Å². The fourth-order valence-electron chi connectivity index (χ4n) is 9.37. The molecular weight excluding hydrogens is 823 g/mol. The molecule has 4 aromatic rings. The Morgan fingerprint density at radius 1 is 0.703 bits per heavy atom. The van der Waals surface area contributed by atoms with Crippen molar-refractivity contribution in [3.63, 3.8) is 0 Å². The third-order valence-electron chi connectivity index (χ3n) is 12.4. The van der Waals surface area contributed by atoms with E-state index < -0.39 is 27.9 Å². The topological polar surface area (TPSA) is 124 Å². The molecule has 3 aliphatic rings. The Kier molecular flexibility index (Phi) is 14.1. The maximum absolute atomic E-state index is 12.4. The number of rotatable bonds is 18. The van der Waals surface area contributed by atoms with Crippen molar-refractivity contribution in [3.05, 3.63) is 156 Å². The SMILES string of the molecule is CC1(C)C(/C=C/C=C/C=C/C=C/C=C/C=C2/N(CCCCS(=O)(=O)O)c3ccc4ccccc4c3C2(C)C)=[N+](CCCCCC(=O)ON2C(=O)CCC2=O)c2ccc3ccccc3c21. The van der Waals surface area contributed by atoms with E-state index in [1.165, 1.54) is 44.1 Å². The van der Waals surface area contributed by atoms with Gasteiger partial charge in [0.2, 0.25) is 5.69 Å². The van der Waals surface area contributed by atoms with Crippen molar-refractivity contribution in [2.24, 2.45) is 0 Å². The number of fused-ring (bicyclic) bond motifs is 6. The molecule has 0 atom stereocenters. The van der Waals surface area contributed by atoms with Gasteiger partial charge in [-0.2, -0.15) is 13.0 Å². The van der Waals surface area contributed by atoms with Crippen LogP contribution in [0.15, 0.2) is 145 Å². The van der Waals surface area contributed by atoms with Gasteiger partial charge in [0.15, 0.2) is 5.71 Å². The Hall–Kier alpha value is -6.17. The van der Waals surface area contributed by atoms with Crippen LogP contribution in [0.5, 0.6) is 0 Å². The summed E-state index contributed by atoms with van der Waals surface area (Å²) in [5.41, 5.74) is 6.64. The number of anilines is 1. The molecule has 332 valence electrons. The van der Waals surface area contributed by atoms with Crippen molar-refractivity contribution >= 4 is 66.5 Å². The number of nitrogens with zero attached hydrogens (tertiary/aromatic N) is 3. The molecule has 2 amide bonds.